The molecule has 6 heteroatoms. The molecule has 1 amide bonds. The maximum Gasteiger partial charge on any atom is 0.323 e. The first kappa shape index (κ1) is 10.8. The van der Waals surface area contributed by atoms with Crippen LogP contribution in [0, 0.1) is 0 Å². The number of halogens is 3. The Morgan fingerprint density at radius 2 is 2.15 bits per heavy atom. The van der Waals surface area contributed by atoms with Gasteiger partial charge in [-0.15, -0.1) is 0 Å². The Kier molecular flexibility index (Phi) is 3.57. The van der Waals surface area contributed by atoms with Crippen LogP contribution in [0.2, 0.25) is 0 Å². The Labute approximate surface area is 87.6 Å². The molecule has 0 aromatic heterocycles. The third-order valence-corrected chi connectivity index (χ3v) is 2.60. The lowest BCUT2D eigenvalue weighted by Gasteiger charge is -2.19. The maximum absolute atomic E-state index is 12.8. The van der Waals surface area contributed by atoms with Gasteiger partial charge in [-0.2, -0.15) is 4.39 Å². The molecule has 1 saturated heterocycles. The molecule has 13 heavy (non-hydrogen) atoms. The minimum Gasteiger partial charge on any atom is -0.326 e. The van der Waals surface area contributed by atoms with Crippen LogP contribution in [-0.2, 0) is 9.59 Å². The van der Waals surface area contributed by atoms with Gasteiger partial charge in [-0.3, -0.25) is 9.59 Å². The van der Waals surface area contributed by atoms with Crippen LogP contribution in [0.15, 0.2) is 0 Å². The van der Waals surface area contributed by atoms with Crippen molar-refractivity contribution in [2.45, 2.75) is 18.6 Å². The van der Waals surface area contributed by atoms with E-state index in [9.17, 15) is 18.4 Å². The van der Waals surface area contributed by atoms with E-state index < -0.39 is 24.2 Å². The Morgan fingerprint density at radius 3 is 2.62 bits per heavy atom. The second-order valence-electron chi connectivity index (χ2n) is 2.83. The summed E-state index contributed by atoms with van der Waals surface area (Å²) in [5.41, 5.74) is 0. The number of hydrogen-bond donors (Lipinski definition) is 0. The van der Waals surface area contributed by atoms with Gasteiger partial charge >= 0.3 is 6.04 Å². The summed E-state index contributed by atoms with van der Waals surface area (Å²) < 4.78 is 25.2. The maximum atomic E-state index is 12.8. The molecule has 3 nitrogen and oxygen atoms in total. The molecule has 2 atom stereocenters. The van der Waals surface area contributed by atoms with Crippen LogP contribution in [0.3, 0.4) is 0 Å². The SMILES string of the molecule is O=C(F)[C@H]1C[C@H](F)CN1C(=O)CI. The van der Waals surface area contributed by atoms with E-state index in [1.165, 1.54) is 0 Å². The van der Waals surface area contributed by atoms with Gasteiger partial charge in [0.05, 0.1) is 11.0 Å². The van der Waals surface area contributed by atoms with Gasteiger partial charge in [-0.1, -0.05) is 22.6 Å². The molecule has 1 rings (SSSR count). The van der Waals surface area contributed by atoms with E-state index in [0.29, 0.717) is 0 Å². The quantitative estimate of drug-likeness (QED) is 0.431. The normalized spacial score (nSPS) is 27.8. The first-order valence-electron chi connectivity index (χ1n) is 3.75. The fraction of sp³-hybridized carbons (Fsp3) is 0.714. The van der Waals surface area contributed by atoms with Crippen molar-refractivity contribution in [3.05, 3.63) is 0 Å². The highest BCUT2D eigenvalue weighted by molar-refractivity contribution is 14.1. The summed E-state index contributed by atoms with van der Waals surface area (Å²) in [5.74, 6) is -0.392. The van der Waals surface area contributed by atoms with Gasteiger partial charge < -0.3 is 4.90 Å². The van der Waals surface area contributed by atoms with Gasteiger partial charge in [0.25, 0.3) is 0 Å². The van der Waals surface area contributed by atoms with Crippen molar-refractivity contribution >= 4 is 34.5 Å². The average molecular weight is 303 g/mol. The highest BCUT2D eigenvalue weighted by atomic mass is 127. The van der Waals surface area contributed by atoms with Crippen molar-refractivity contribution in [3.63, 3.8) is 0 Å². The molecule has 0 aliphatic carbocycles. The van der Waals surface area contributed by atoms with Gasteiger partial charge in [0.1, 0.15) is 12.2 Å². The highest BCUT2D eigenvalue weighted by Gasteiger charge is 2.39. The second-order valence-corrected chi connectivity index (χ2v) is 3.60. The lowest BCUT2D eigenvalue weighted by Crippen LogP contribution is -2.39. The first-order valence-corrected chi connectivity index (χ1v) is 5.27. The topological polar surface area (TPSA) is 37.4 Å². The zero-order valence-corrected chi connectivity index (χ0v) is 8.83. The predicted octanol–water partition coefficient (Wildman–Crippen LogP) is 0.857. The van der Waals surface area contributed by atoms with Gasteiger partial charge in [0.15, 0.2) is 0 Å². The molecule has 0 N–H and O–H groups in total. The van der Waals surface area contributed by atoms with Crippen molar-refractivity contribution in [2.75, 3.05) is 11.0 Å². The van der Waals surface area contributed by atoms with Gasteiger partial charge in [-0.25, -0.2) is 4.39 Å². The van der Waals surface area contributed by atoms with Crippen LogP contribution < -0.4 is 0 Å². The number of amides is 1. The summed E-state index contributed by atoms with van der Waals surface area (Å²) in [4.78, 5) is 22.5. The largest absolute Gasteiger partial charge is 0.326 e. The average Bonchev–Trinajstić information content (AvgIpc) is 2.46. The zero-order chi connectivity index (χ0) is 10.0. The molecule has 1 fully saturated rings. The molecule has 74 valence electrons. The first-order chi connectivity index (χ1) is 6.06. The Morgan fingerprint density at radius 1 is 1.54 bits per heavy atom. The Balaban J connectivity index is 2.71. The smallest absolute Gasteiger partial charge is 0.323 e. The van der Waals surface area contributed by atoms with E-state index in [2.05, 4.69) is 0 Å². The number of carbonyl (C=O) groups is 2. The summed E-state index contributed by atoms with van der Waals surface area (Å²) >= 11 is 1.80. The van der Waals surface area contributed by atoms with Crippen molar-refractivity contribution in [1.29, 1.82) is 0 Å². The third kappa shape index (κ3) is 2.35. The summed E-state index contributed by atoms with van der Waals surface area (Å²) in [6.07, 6.45) is -1.49. The summed E-state index contributed by atoms with van der Waals surface area (Å²) in [6.45, 7) is -0.165. The summed E-state index contributed by atoms with van der Waals surface area (Å²) in [5, 5.41) is 0. The predicted molar refractivity (Wildman–Crippen MR) is 50.0 cm³/mol. The Bertz CT molecular complexity index is 237. The number of likely N-dealkylation sites (tertiary alicyclic amines) is 1. The molecule has 0 unspecified atom stereocenters. The molecule has 0 bridgehead atoms. The van der Waals surface area contributed by atoms with E-state index in [-0.39, 0.29) is 17.4 Å². The van der Waals surface area contributed by atoms with E-state index in [1.54, 1.807) is 22.6 Å². The van der Waals surface area contributed by atoms with Crippen LogP contribution in [0.4, 0.5) is 8.78 Å². The lowest BCUT2D eigenvalue weighted by atomic mass is 10.2. The van der Waals surface area contributed by atoms with Gasteiger partial charge in [0, 0.05) is 6.42 Å². The van der Waals surface area contributed by atoms with E-state index in [1.807, 2.05) is 0 Å². The molecule has 1 heterocycles. The van der Waals surface area contributed by atoms with Crippen molar-refractivity contribution in [3.8, 4) is 0 Å². The molecular formula is C7H8F2INO2. The van der Waals surface area contributed by atoms with E-state index in [4.69, 9.17) is 0 Å². The van der Waals surface area contributed by atoms with E-state index in [0.717, 1.165) is 4.90 Å². The van der Waals surface area contributed by atoms with Crippen molar-refractivity contribution in [1.82, 2.24) is 4.90 Å². The minimum absolute atomic E-state index is 0.133. The number of nitrogens with zero attached hydrogens (tertiary/aromatic N) is 1. The third-order valence-electron chi connectivity index (χ3n) is 1.95. The fourth-order valence-electron chi connectivity index (χ4n) is 1.35. The van der Waals surface area contributed by atoms with Crippen LogP contribution in [0.25, 0.3) is 0 Å². The highest BCUT2D eigenvalue weighted by Crippen LogP contribution is 2.21. The molecule has 0 aromatic carbocycles. The fourth-order valence-corrected chi connectivity index (χ4v) is 1.79. The van der Waals surface area contributed by atoms with Gasteiger partial charge in [0.2, 0.25) is 5.91 Å². The monoisotopic (exact) mass is 303 g/mol. The van der Waals surface area contributed by atoms with Crippen LogP contribution >= 0.6 is 22.6 Å². The summed E-state index contributed by atoms with van der Waals surface area (Å²) in [6, 6.07) is -2.82. The summed E-state index contributed by atoms with van der Waals surface area (Å²) in [7, 11) is 0. The van der Waals surface area contributed by atoms with Crippen molar-refractivity contribution in [2.24, 2.45) is 0 Å². The number of hydrogen-bond acceptors (Lipinski definition) is 2. The lowest BCUT2D eigenvalue weighted by molar-refractivity contribution is -0.141. The minimum atomic E-state index is -1.63. The molecule has 0 spiro atoms. The van der Waals surface area contributed by atoms with Crippen LogP contribution in [0.5, 0.6) is 0 Å². The molecule has 1 aliphatic rings. The zero-order valence-electron chi connectivity index (χ0n) is 6.67. The van der Waals surface area contributed by atoms with Crippen LogP contribution in [-0.4, -0.2) is 40.0 Å². The number of carbonyl (C=O) groups excluding carboxylic acids is 2. The molecule has 1 aliphatic heterocycles. The van der Waals surface area contributed by atoms with E-state index >= 15 is 0 Å². The standard InChI is InChI=1S/C7H8F2INO2/c8-4-1-5(7(9)13)11(3-4)6(12)2-10/h4-5H,1-3H2/t4-,5+/m0/s1. The molecular weight excluding hydrogens is 295 g/mol. The van der Waals surface area contributed by atoms with Crippen molar-refractivity contribution < 1.29 is 18.4 Å². The Hall–Kier alpha value is -0.270. The molecule has 0 radical (unpaired) electrons. The number of alkyl halides is 2. The molecule has 0 saturated carbocycles. The second kappa shape index (κ2) is 4.30. The number of rotatable bonds is 2. The van der Waals surface area contributed by atoms with Gasteiger partial charge in [-0.05, 0) is 0 Å². The van der Waals surface area contributed by atoms with Crippen LogP contribution in [0.1, 0.15) is 6.42 Å². The molecule has 0 aromatic rings.